The molecule has 0 heterocycles. The van der Waals surface area contributed by atoms with Crippen LogP contribution in [-0.4, -0.2) is 37.2 Å². The second kappa shape index (κ2) is 62.2. The molecule has 0 amide bonds. The Kier molecular flexibility index (Phi) is 60.2. The molecule has 0 rings (SSSR count). The van der Waals surface area contributed by atoms with Crippen molar-refractivity contribution in [3.63, 3.8) is 0 Å². The van der Waals surface area contributed by atoms with Crippen LogP contribution >= 0.6 is 0 Å². The number of rotatable bonds is 60. The predicted octanol–water partition coefficient (Wildman–Crippen LogP) is 22.0. The minimum absolute atomic E-state index is 0.0740. The summed E-state index contributed by atoms with van der Waals surface area (Å²) in [6.45, 7) is 6.57. The molecule has 0 saturated heterocycles. The smallest absolute Gasteiger partial charge is 0.306 e. The van der Waals surface area contributed by atoms with E-state index in [4.69, 9.17) is 14.2 Å². The van der Waals surface area contributed by atoms with Gasteiger partial charge in [0, 0.05) is 19.3 Å². The number of ether oxygens (including phenoxy) is 3. The van der Waals surface area contributed by atoms with Gasteiger partial charge >= 0.3 is 17.9 Å². The van der Waals surface area contributed by atoms with Crippen LogP contribution < -0.4 is 0 Å². The maximum absolute atomic E-state index is 12.8. The maximum atomic E-state index is 12.8. The normalized spacial score (nSPS) is 12.2. The molecule has 1 atom stereocenters. The van der Waals surface area contributed by atoms with Crippen LogP contribution in [0.5, 0.6) is 0 Å². The SMILES string of the molecule is CCCC/C=C\C/C=C\CCCCCCCC(=O)OC(COC(=O)CCCCCCCC)COC(=O)CCCCCCCCCCCCCCCCCCCCCCCCC/C=C\CCCCCCCCCC. The van der Waals surface area contributed by atoms with Gasteiger partial charge < -0.3 is 14.2 Å². The van der Waals surface area contributed by atoms with Crippen LogP contribution in [0.2, 0.25) is 0 Å². The van der Waals surface area contributed by atoms with E-state index in [-0.39, 0.29) is 31.1 Å². The monoisotopic (exact) mass is 1020 g/mol. The number of esters is 3. The van der Waals surface area contributed by atoms with Crippen molar-refractivity contribution < 1.29 is 28.6 Å². The van der Waals surface area contributed by atoms with Crippen molar-refractivity contribution in [3.8, 4) is 0 Å². The summed E-state index contributed by atoms with van der Waals surface area (Å²) in [5.74, 6) is -0.882. The molecule has 6 nitrogen and oxygen atoms in total. The van der Waals surface area contributed by atoms with Gasteiger partial charge in [0.1, 0.15) is 13.2 Å². The second-order valence-electron chi connectivity index (χ2n) is 22.0. The third kappa shape index (κ3) is 60.4. The summed E-state index contributed by atoms with van der Waals surface area (Å²) in [6, 6.07) is 0. The van der Waals surface area contributed by atoms with E-state index in [0.29, 0.717) is 19.3 Å². The Hall–Kier alpha value is -2.37. The molecule has 0 aromatic heterocycles. The Balaban J connectivity index is 3.87. The van der Waals surface area contributed by atoms with E-state index in [1.54, 1.807) is 0 Å². The van der Waals surface area contributed by atoms with Gasteiger partial charge in [0.05, 0.1) is 0 Å². The molecule has 0 aliphatic heterocycles. The zero-order chi connectivity index (χ0) is 52.9. The van der Waals surface area contributed by atoms with Gasteiger partial charge in [0.2, 0.25) is 0 Å². The van der Waals surface area contributed by atoms with Crippen molar-refractivity contribution in [2.24, 2.45) is 0 Å². The summed E-state index contributed by atoms with van der Waals surface area (Å²) in [6.07, 6.45) is 76.5. The maximum Gasteiger partial charge on any atom is 0.306 e. The average molecular weight is 1030 g/mol. The van der Waals surface area contributed by atoms with Gasteiger partial charge in [-0.15, -0.1) is 0 Å². The molecule has 0 bridgehead atoms. The Morgan fingerprint density at radius 2 is 0.507 bits per heavy atom. The molecular weight excluding hydrogens is 901 g/mol. The Morgan fingerprint density at radius 3 is 0.808 bits per heavy atom. The van der Waals surface area contributed by atoms with Crippen molar-refractivity contribution in [2.45, 2.75) is 361 Å². The largest absolute Gasteiger partial charge is 0.462 e. The summed E-state index contributed by atoms with van der Waals surface area (Å²) in [5.41, 5.74) is 0. The quantitative estimate of drug-likeness (QED) is 0.0261. The van der Waals surface area contributed by atoms with Gasteiger partial charge in [0.15, 0.2) is 6.10 Å². The van der Waals surface area contributed by atoms with Gasteiger partial charge in [0.25, 0.3) is 0 Å². The van der Waals surface area contributed by atoms with E-state index in [1.165, 1.54) is 231 Å². The average Bonchev–Trinajstić information content (AvgIpc) is 3.39. The standard InChI is InChI=1S/C67H124O6/c1-4-7-10-13-16-18-20-22-24-25-26-27-28-29-30-31-32-33-34-35-36-37-38-39-40-41-42-43-44-46-47-49-51-54-57-60-66(69)72-63-64(62-71-65(68)59-56-53-15-12-9-6-3)73-67(70)61-58-55-52-50-48-45-23-21-19-17-14-11-8-5-2/h14,17,21,23,25-26,64H,4-13,15-16,18-20,22,24,27-63H2,1-3H3/b17-14-,23-21-,26-25-. The van der Waals surface area contributed by atoms with Crippen LogP contribution in [0.1, 0.15) is 355 Å². The van der Waals surface area contributed by atoms with E-state index in [1.807, 2.05) is 0 Å². The van der Waals surface area contributed by atoms with E-state index >= 15 is 0 Å². The molecule has 0 aromatic rings. The van der Waals surface area contributed by atoms with Crippen LogP contribution in [0.4, 0.5) is 0 Å². The van der Waals surface area contributed by atoms with Crippen molar-refractivity contribution in [1.82, 2.24) is 0 Å². The highest BCUT2D eigenvalue weighted by molar-refractivity contribution is 5.71. The van der Waals surface area contributed by atoms with Crippen LogP contribution in [0.15, 0.2) is 36.5 Å². The predicted molar refractivity (Wildman–Crippen MR) is 316 cm³/mol. The van der Waals surface area contributed by atoms with Crippen LogP contribution in [-0.2, 0) is 28.6 Å². The molecule has 0 aliphatic carbocycles. The molecule has 73 heavy (non-hydrogen) atoms. The Bertz CT molecular complexity index is 1220. The van der Waals surface area contributed by atoms with Gasteiger partial charge in [-0.05, 0) is 70.6 Å². The molecule has 6 heteroatoms. The van der Waals surface area contributed by atoms with Crippen molar-refractivity contribution >= 4 is 17.9 Å². The van der Waals surface area contributed by atoms with Crippen LogP contribution in [0, 0.1) is 0 Å². The summed E-state index contributed by atoms with van der Waals surface area (Å²) in [7, 11) is 0. The fourth-order valence-electron chi connectivity index (χ4n) is 9.69. The van der Waals surface area contributed by atoms with Crippen LogP contribution in [0.3, 0.4) is 0 Å². The number of carbonyl (C=O) groups is 3. The topological polar surface area (TPSA) is 78.9 Å². The summed E-state index contributed by atoms with van der Waals surface area (Å²) >= 11 is 0. The van der Waals surface area contributed by atoms with E-state index in [2.05, 4.69) is 57.2 Å². The fraction of sp³-hybridized carbons (Fsp3) is 0.866. The highest BCUT2D eigenvalue weighted by Gasteiger charge is 2.19. The zero-order valence-electron chi connectivity index (χ0n) is 49.2. The van der Waals surface area contributed by atoms with Crippen molar-refractivity contribution in [2.75, 3.05) is 13.2 Å². The first-order chi connectivity index (χ1) is 36.0. The molecule has 0 aromatic carbocycles. The minimum Gasteiger partial charge on any atom is -0.462 e. The second-order valence-corrected chi connectivity index (χ2v) is 22.0. The van der Waals surface area contributed by atoms with E-state index in [0.717, 1.165) is 83.5 Å². The Morgan fingerprint density at radius 1 is 0.274 bits per heavy atom. The van der Waals surface area contributed by atoms with Gasteiger partial charge in [-0.3, -0.25) is 14.4 Å². The van der Waals surface area contributed by atoms with E-state index in [9.17, 15) is 14.4 Å². The molecule has 0 spiro atoms. The fourth-order valence-corrected chi connectivity index (χ4v) is 9.69. The summed E-state index contributed by atoms with van der Waals surface area (Å²) < 4.78 is 16.8. The number of unbranched alkanes of at least 4 members (excludes halogenated alkanes) is 43. The molecule has 0 aliphatic rings. The molecule has 0 radical (unpaired) electrons. The lowest BCUT2D eigenvalue weighted by Crippen LogP contribution is -2.30. The first-order valence-corrected chi connectivity index (χ1v) is 32.5. The lowest BCUT2D eigenvalue weighted by Gasteiger charge is -2.18. The minimum atomic E-state index is -0.773. The van der Waals surface area contributed by atoms with Crippen molar-refractivity contribution in [3.05, 3.63) is 36.5 Å². The first kappa shape index (κ1) is 70.6. The molecule has 1 unspecified atom stereocenters. The summed E-state index contributed by atoms with van der Waals surface area (Å²) in [4.78, 5) is 37.9. The molecule has 0 fully saturated rings. The molecule has 0 N–H and O–H groups in total. The lowest BCUT2D eigenvalue weighted by atomic mass is 10.0. The highest BCUT2D eigenvalue weighted by Crippen LogP contribution is 2.18. The highest BCUT2D eigenvalue weighted by atomic mass is 16.6. The van der Waals surface area contributed by atoms with Gasteiger partial charge in [-0.1, -0.05) is 301 Å². The third-order valence-corrected chi connectivity index (χ3v) is 14.6. The number of hydrogen-bond donors (Lipinski definition) is 0. The lowest BCUT2D eigenvalue weighted by molar-refractivity contribution is -0.167. The van der Waals surface area contributed by atoms with Gasteiger partial charge in [-0.25, -0.2) is 0 Å². The molecule has 428 valence electrons. The van der Waals surface area contributed by atoms with Crippen molar-refractivity contribution in [1.29, 1.82) is 0 Å². The zero-order valence-corrected chi connectivity index (χ0v) is 49.2. The number of allylic oxidation sites excluding steroid dienone is 6. The molecule has 0 saturated carbocycles. The number of carbonyl (C=O) groups excluding carboxylic acids is 3. The van der Waals surface area contributed by atoms with E-state index < -0.39 is 6.10 Å². The van der Waals surface area contributed by atoms with Crippen LogP contribution in [0.25, 0.3) is 0 Å². The third-order valence-electron chi connectivity index (χ3n) is 14.6. The first-order valence-electron chi connectivity index (χ1n) is 32.5. The number of hydrogen-bond acceptors (Lipinski definition) is 6. The van der Waals surface area contributed by atoms with Gasteiger partial charge in [-0.2, -0.15) is 0 Å². The molecular formula is C67H124O6. The summed E-state index contributed by atoms with van der Waals surface area (Å²) in [5, 5.41) is 0. The Labute approximate surface area is 455 Å².